The number of carbonyl (C=O) groups excluding carboxylic acids is 2. The fourth-order valence-corrected chi connectivity index (χ4v) is 6.29. The van der Waals surface area contributed by atoms with Crippen LogP contribution in [0, 0.1) is 5.92 Å². The van der Waals surface area contributed by atoms with Gasteiger partial charge in [-0.15, -0.1) is 4.73 Å². The quantitative estimate of drug-likeness (QED) is 0.487. The first-order valence-electron chi connectivity index (χ1n) is 11.2. The van der Waals surface area contributed by atoms with Gasteiger partial charge in [-0.3, -0.25) is 14.4 Å². The van der Waals surface area contributed by atoms with Crippen LogP contribution in [-0.4, -0.2) is 57.4 Å². The molecule has 33 heavy (non-hydrogen) atoms. The number of primary amides is 1. The highest BCUT2D eigenvalue weighted by molar-refractivity contribution is 5.97. The zero-order valence-electron chi connectivity index (χ0n) is 18.6. The van der Waals surface area contributed by atoms with Crippen molar-refractivity contribution in [1.82, 2.24) is 14.9 Å². The highest BCUT2D eigenvalue weighted by atomic mass is 16.5. The number of aliphatic hydroxyl groups excluding tert-OH is 1. The number of nitrogens with zero attached hydrogens (tertiary/aromatic N) is 2. The molecule has 1 fully saturated rings. The summed E-state index contributed by atoms with van der Waals surface area (Å²) in [5.41, 5.74) is 6.30. The Morgan fingerprint density at radius 2 is 1.97 bits per heavy atom. The van der Waals surface area contributed by atoms with Gasteiger partial charge in [-0.1, -0.05) is 24.3 Å². The summed E-state index contributed by atoms with van der Waals surface area (Å²) in [6.07, 6.45) is 0.934. The summed E-state index contributed by atoms with van der Waals surface area (Å²) >= 11 is 0. The Hall–Kier alpha value is -3.17. The van der Waals surface area contributed by atoms with Crippen molar-refractivity contribution in [1.29, 1.82) is 0 Å². The molecule has 9 nitrogen and oxygen atoms in total. The van der Waals surface area contributed by atoms with Crippen LogP contribution in [-0.2, 0) is 23.1 Å². The summed E-state index contributed by atoms with van der Waals surface area (Å²) in [6, 6.07) is 8.74. The summed E-state index contributed by atoms with van der Waals surface area (Å²) in [5.74, 6) is -1.48. The van der Waals surface area contributed by atoms with Crippen molar-refractivity contribution in [2.24, 2.45) is 11.7 Å². The van der Waals surface area contributed by atoms with E-state index in [2.05, 4.69) is 23.3 Å². The molecule has 2 aliphatic carbocycles. The molecule has 0 saturated carbocycles. The molecule has 1 aromatic carbocycles. The molecule has 0 radical (unpaired) electrons. The molecule has 5 rings (SSSR count). The molecule has 2 aromatic rings. The number of nitrogens with one attached hydrogen (secondary N) is 1. The molecule has 2 amide bonds. The highest BCUT2D eigenvalue weighted by Crippen LogP contribution is 2.58. The minimum Gasteiger partial charge on any atom is -0.425 e. The Kier molecular flexibility index (Phi) is 4.88. The first-order chi connectivity index (χ1) is 15.7. The molecule has 0 spiro atoms. The van der Waals surface area contributed by atoms with E-state index in [1.807, 2.05) is 18.2 Å². The van der Waals surface area contributed by atoms with Crippen molar-refractivity contribution in [3.63, 3.8) is 0 Å². The SMILES string of the molecule is C[C@H](NC(=O)c1cc2c(n(O)c1=O)[C@H](O)C13CCN(C)[C@H](Cc4ccccc41)[C@H]3C2)C(N)=O. The molecule has 9 heteroatoms. The van der Waals surface area contributed by atoms with E-state index < -0.39 is 34.9 Å². The van der Waals surface area contributed by atoms with Crippen LogP contribution in [0.25, 0.3) is 0 Å². The van der Waals surface area contributed by atoms with Gasteiger partial charge in [-0.05, 0) is 68.5 Å². The Bertz CT molecular complexity index is 1220. The van der Waals surface area contributed by atoms with Crippen molar-refractivity contribution in [3.8, 4) is 0 Å². The van der Waals surface area contributed by atoms with Crippen molar-refractivity contribution < 1.29 is 19.9 Å². The number of nitrogens with two attached hydrogens (primary N) is 1. The Labute approximate surface area is 190 Å². The number of hydrogen-bond acceptors (Lipinski definition) is 6. The van der Waals surface area contributed by atoms with E-state index >= 15 is 0 Å². The molecule has 3 aliphatic rings. The number of piperidine rings is 1. The van der Waals surface area contributed by atoms with E-state index in [-0.39, 0.29) is 23.2 Å². The lowest BCUT2D eigenvalue weighted by molar-refractivity contribution is -0.119. The molecular formula is C24H28N4O5. The number of aromatic nitrogens is 1. The van der Waals surface area contributed by atoms with Crippen LogP contribution < -0.4 is 16.6 Å². The second kappa shape index (κ2) is 7.43. The van der Waals surface area contributed by atoms with Crippen LogP contribution in [0.5, 0.6) is 0 Å². The number of rotatable bonds is 3. The Morgan fingerprint density at radius 3 is 2.70 bits per heavy atom. The third-order valence-corrected chi connectivity index (χ3v) is 8.02. The summed E-state index contributed by atoms with van der Waals surface area (Å²) in [6.45, 7) is 2.21. The third kappa shape index (κ3) is 2.95. The Balaban J connectivity index is 1.66. The number of likely N-dealkylation sites (N-methyl/N-ethyl adjacent to an activating group) is 1. The molecule has 5 atom stereocenters. The van der Waals surface area contributed by atoms with E-state index in [1.54, 1.807) is 0 Å². The molecule has 2 heterocycles. The lowest BCUT2D eigenvalue weighted by atomic mass is 9.51. The van der Waals surface area contributed by atoms with Crippen molar-refractivity contribution in [2.75, 3.05) is 13.6 Å². The average Bonchev–Trinajstić information content (AvgIpc) is 2.78. The van der Waals surface area contributed by atoms with Gasteiger partial charge in [0.25, 0.3) is 11.5 Å². The van der Waals surface area contributed by atoms with Crippen LogP contribution >= 0.6 is 0 Å². The van der Waals surface area contributed by atoms with Gasteiger partial charge >= 0.3 is 0 Å². The number of amides is 2. The fourth-order valence-electron chi connectivity index (χ4n) is 6.29. The minimum absolute atomic E-state index is 0.0478. The van der Waals surface area contributed by atoms with Gasteiger partial charge in [0.1, 0.15) is 17.7 Å². The van der Waals surface area contributed by atoms with Gasteiger partial charge in [0, 0.05) is 11.5 Å². The van der Waals surface area contributed by atoms with E-state index in [1.165, 1.54) is 18.6 Å². The number of aliphatic hydroxyl groups is 1. The number of hydrogen-bond donors (Lipinski definition) is 4. The van der Waals surface area contributed by atoms with Gasteiger partial charge in [-0.2, -0.15) is 0 Å². The number of fused-ring (bicyclic) bond motifs is 2. The molecule has 1 saturated heterocycles. The lowest BCUT2D eigenvalue weighted by Gasteiger charge is -2.60. The van der Waals surface area contributed by atoms with Gasteiger partial charge in [0.15, 0.2) is 0 Å². The van der Waals surface area contributed by atoms with Crippen molar-refractivity contribution in [2.45, 2.75) is 49.8 Å². The van der Waals surface area contributed by atoms with E-state index in [0.717, 1.165) is 18.5 Å². The normalized spacial score (nSPS) is 28.8. The molecule has 174 valence electrons. The summed E-state index contributed by atoms with van der Waals surface area (Å²) in [5, 5.41) is 25.0. The predicted octanol–water partition coefficient (Wildman–Crippen LogP) is 0.0931. The van der Waals surface area contributed by atoms with Crippen LogP contribution in [0.3, 0.4) is 0 Å². The van der Waals surface area contributed by atoms with Crippen LogP contribution in [0.4, 0.5) is 0 Å². The monoisotopic (exact) mass is 452 g/mol. The number of carbonyl (C=O) groups is 2. The van der Waals surface area contributed by atoms with Crippen LogP contribution in [0.1, 0.15) is 52.2 Å². The van der Waals surface area contributed by atoms with Gasteiger partial charge in [0.05, 0.1) is 5.69 Å². The van der Waals surface area contributed by atoms with Crippen molar-refractivity contribution >= 4 is 11.8 Å². The predicted molar refractivity (Wildman–Crippen MR) is 119 cm³/mol. The van der Waals surface area contributed by atoms with Gasteiger partial charge < -0.3 is 26.3 Å². The smallest absolute Gasteiger partial charge is 0.296 e. The van der Waals surface area contributed by atoms with Gasteiger partial charge in [0.2, 0.25) is 5.91 Å². The second-order valence-corrected chi connectivity index (χ2v) is 9.60. The number of benzene rings is 1. The second-order valence-electron chi connectivity index (χ2n) is 9.60. The number of pyridine rings is 1. The summed E-state index contributed by atoms with van der Waals surface area (Å²) < 4.78 is 0.416. The van der Waals surface area contributed by atoms with Crippen molar-refractivity contribution in [3.05, 3.63) is 68.6 Å². The average molecular weight is 453 g/mol. The van der Waals surface area contributed by atoms with E-state index in [9.17, 15) is 24.7 Å². The van der Waals surface area contributed by atoms with E-state index in [0.29, 0.717) is 23.1 Å². The maximum absolute atomic E-state index is 12.9. The topological polar surface area (TPSA) is 138 Å². The van der Waals surface area contributed by atoms with Crippen LogP contribution in [0.2, 0.25) is 0 Å². The minimum atomic E-state index is -1.11. The molecule has 2 bridgehead atoms. The van der Waals surface area contributed by atoms with Crippen LogP contribution in [0.15, 0.2) is 35.1 Å². The molecular weight excluding hydrogens is 424 g/mol. The molecule has 1 unspecified atom stereocenters. The first kappa shape index (κ1) is 21.7. The summed E-state index contributed by atoms with van der Waals surface area (Å²) in [7, 11) is 2.08. The van der Waals surface area contributed by atoms with E-state index in [4.69, 9.17) is 5.73 Å². The molecule has 5 N–H and O–H groups in total. The highest BCUT2D eigenvalue weighted by Gasteiger charge is 2.59. The lowest BCUT2D eigenvalue weighted by Crippen LogP contribution is -2.63. The largest absolute Gasteiger partial charge is 0.425 e. The third-order valence-electron chi connectivity index (χ3n) is 8.02. The first-order valence-corrected chi connectivity index (χ1v) is 11.2. The zero-order valence-corrected chi connectivity index (χ0v) is 18.6. The maximum Gasteiger partial charge on any atom is 0.296 e. The molecule has 1 aromatic heterocycles. The maximum atomic E-state index is 12.9. The zero-order chi connectivity index (χ0) is 23.7. The van der Waals surface area contributed by atoms with Gasteiger partial charge in [-0.25, -0.2) is 0 Å². The number of likely N-dealkylation sites (tertiary alicyclic amines) is 1. The molecule has 1 aliphatic heterocycles. The Morgan fingerprint density at radius 1 is 1.24 bits per heavy atom. The fraction of sp³-hybridized carbons (Fsp3) is 0.458. The summed E-state index contributed by atoms with van der Waals surface area (Å²) in [4.78, 5) is 39.2. The standard InChI is InChI=1S/C24H28N4O5/c1-12(21(25)30)26-22(31)15-9-14-10-17-18-11-13-5-3-4-6-16(13)24(17,7-8-27(18)2)20(29)19(14)28(33)23(15)32/h3-6,9,12,17-18,20,29,33H,7-8,10-11H2,1-2H3,(H2,25,30)(H,26,31)/t12-,17+,18+,20-,24?/m0/s1.